The molecule has 0 unspecified atom stereocenters. The second-order valence-corrected chi connectivity index (χ2v) is 7.10. The zero-order valence-corrected chi connectivity index (χ0v) is 16.8. The van der Waals surface area contributed by atoms with Crippen LogP contribution >= 0.6 is 0 Å². The molecule has 0 aliphatic carbocycles. The number of ether oxygens (including phenoxy) is 1. The predicted octanol–water partition coefficient (Wildman–Crippen LogP) is 5.22. The Labute approximate surface area is 167 Å². The first-order chi connectivity index (χ1) is 13.7. The van der Waals surface area contributed by atoms with Crippen molar-refractivity contribution in [2.45, 2.75) is 26.8 Å². The van der Waals surface area contributed by atoms with Crippen molar-refractivity contribution in [2.24, 2.45) is 5.92 Å². The van der Waals surface area contributed by atoms with Crippen molar-refractivity contribution in [3.05, 3.63) is 66.2 Å². The van der Waals surface area contributed by atoms with Gasteiger partial charge in [0, 0.05) is 30.3 Å². The molecule has 0 atom stereocenters. The molecule has 2 aromatic carbocycles. The van der Waals surface area contributed by atoms with E-state index in [1.165, 1.54) is 0 Å². The highest BCUT2D eigenvalue weighted by Crippen LogP contribution is 2.23. The van der Waals surface area contributed by atoms with E-state index in [0.29, 0.717) is 18.4 Å². The Balaban J connectivity index is 1.82. The topological polar surface area (TPSA) is 59.1 Å². The standard InChI is InChI=1S/C23H28N4O/c1-17(2)13-14-24-23-26-20(18-9-5-4-6-10-18)15-22(27-23)25-16-19-11-7-8-12-21(19)28-3/h4-12,15,17H,13-14,16H2,1-3H3,(H2,24,25,26,27). The maximum Gasteiger partial charge on any atom is 0.225 e. The molecule has 3 aromatic rings. The van der Waals surface area contributed by atoms with Crippen molar-refractivity contribution in [1.29, 1.82) is 0 Å². The molecule has 3 rings (SSSR count). The summed E-state index contributed by atoms with van der Waals surface area (Å²) in [4.78, 5) is 9.35. The van der Waals surface area contributed by atoms with Gasteiger partial charge >= 0.3 is 0 Å². The van der Waals surface area contributed by atoms with E-state index < -0.39 is 0 Å². The third-order valence-corrected chi connectivity index (χ3v) is 4.45. The van der Waals surface area contributed by atoms with Gasteiger partial charge in [0.1, 0.15) is 11.6 Å². The molecule has 1 heterocycles. The Hall–Kier alpha value is -3.08. The first-order valence-electron chi connectivity index (χ1n) is 9.70. The van der Waals surface area contributed by atoms with Gasteiger partial charge in [-0.2, -0.15) is 4.98 Å². The van der Waals surface area contributed by atoms with Gasteiger partial charge in [-0.15, -0.1) is 0 Å². The lowest BCUT2D eigenvalue weighted by Crippen LogP contribution is -2.10. The van der Waals surface area contributed by atoms with E-state index in [1.54, 1.807) is 7.11 Å². The number of aromatic nitrogens is 2. The molecule has 0 saturated carbocycles. The zero-order chi connectivity index (χ0) is 19.8. The van der Waals surface area contributed by atoms with Crippen LogP contribution in [0.3, 0.4) is 0 Å². The summed E-state index contributed by atoms with van der Waals surface area (Å²) in [6.45, 7) is 5.90. The lowest BCUT2D eigenvalue weighted by atomic mass is 10.1. The van der Waals surface area contributed by atoms with Gasteiger partial charge in [0.05, 0.1) is 12.8 Å². The molecular weight excluding hydrogens is 348 g/mol. The molecule has 5 nitrogen and oxygen atoms in total. The van der Waals surface area contributed by atoms with Crippen molar-refractivity contribution < 1.29 is 4.74 Å². The van der Waals surface area contributed by atoms with Crippen LogP contribution in [-0.4, -0.2) is 23.6 Å². The van der Waals surface area contributed by atoms with Crippen molar-refractivity contribution in [3.63, 3.8) is 0 Å². The third-order valence-electron chi connectivity index (χ3n) is 4.45. The fourth-order valence-corrected chi connectivity index (χ4v) is 2.88. The number of anilines is 2. The smallest absolute Gasteiger partial charge is 0.225 e. The van der Waals surface area contributed by atoms with Gasteiger partial charge in [-0.1, -0.05) is 62.4 Å². The number of benzene rings is 2. The van der Waals surface area contributed by atoms with Crippen LogP contribution in [0, 0.1) is 5.92 Å². The molecule has 1 aromatic heterocycles. The van der Waals surface area contributed by atoms with Gasteiger partial charge in [0.15, 0.2) is 0 Å². The van der Waals surface area contributed by atoms with Crippen LogP contribution in [-0.2, 0) is 6.54 Å². The van der Waals surface area contributed by atoms with Gasteiger partial charge in [0.2, 0.25) is 5.95 Å². The molecule has 0 bridgehead atoms. The molecule has 0 saturated heterocycles. The van der Waals surface area contributed by atoms with Crippen LogP contribution in [0.15, 0.2) is 60.7 Å². The monoisotopic (exact) mass is 376 g/mol. The number of para-hydroxylation sites is 1. The van der Waals surface area contributed by atoms with Crippen LogP contribution in [0.1, 0.15) is 25.8 Å². The normalized spacial score (nSPS) is 10.7. The highest BCUT2D eigenvalue weighted by molar-refractivity contribution is 5.64. The number of rotatable bonds is 9. The van der Waals surface area contributed by atoms with Crippen LogP contribution in [0.2, 0.25) is 0 Å². The van der Waals surface area contributed by atoms with Crippen LogP contribution in [0.5, 0.6) is 5.75 Å². The number of nitrogens with one attached hydrogen (secondary N) is 2. The van der Waals surface area contributed by atoms with Gasteiger partial charge in [-0.05, 0) is 18.4 Å². The molecule has 0 aliphatic rings. The molecule has 0 amide bonds. The minimum atomic E-state index is 0.626. The molecule has 2 N–H and O–H groups in total. The van der Waals surface area contributed by atoms with Crippen molar-refractivity contribution in [2.75, 3.05) is 24.3 Å². The summed E-state index contributed by atoms with van der Waals surface area (Å²) < 4.78 is 5.44. The Bertz CT molecular complexity index is 881. The Morgan fingerprint density at radius 3 is 2.43 bits per heavy atom. The molecule has 5 heteroatoms. The highest BCUT2D eigenvalue weighted by Gasteiger charge is 2.08. The quantitative estimate of drug-likeness (QED) is 0.536. The fraction of sp³-hybridized carbons (Fsp3) is 0.304. The number of hydrogen-bond acceptors (Lipinski definition) is 5. The maximum absolute atomic E-state index is 5.44. The molecule has 0 fully saturated rings. The average Bonchev–Trinajstić information content (AvgIpc) is 2.72. The van der Waals surface area contributed by atoms with E-state index in [2.05, 4.69) is 41.6 Å². The summed E-state index contributed by atoms with van der Waals surface area (Å²) in [5.74, 6) is 2.92. The molecule has 0 spiro atoms. The molecule has 28 heavy (non-hydrogen) atoms. The van der Waals surface area contributed by atoms with E-state index in [4.69, 9.17) is 9.72 Å². The summed E-state index contributed by atoms with van der Waals surface area (Å²) in [5.41, 5.74) is 3.04. The molecule has 0 radical (unpaired) electrons. The number of nitrogens with zero attached hydrogens (tertiary/aromatic N) is 2. The van der Waals surface area contributed by atoms with E-state index in [-0.39, 0.29) is 0 Å². The number of hydrogen-bond donors (Lipinski definition) is 2. The van der Waals surface area contributed by atoms with Crippen molar-refractivity contribution >= 4 is 11.8 Å². The SMILES string of the molecule is COc1ccccc1CNc1cc(-c2ccccc2)nc(NCCC(C)C)n1. The minimum absolute atomic E-state index is 0.626. The Morgan fingerprint density at radius 1 is 0.929 bits per heavy atom. The second kappa shape index (κ2) is 9.74. The lowest BCUT2D eigenvalue weighted by molar-refractivity contribution is 0.410. The third kappa shape index (κ3) is 5.46. The summed E-state index contributed by atoms with van der Waals surface area (Å²) in [6.07, 6.45) is 1.07. The molecule has 0 aliphatic heterocycles. The van der Waals surface area contributed by atoms with E-state index >= 15 is 0 Å². The largest absolute Gasteiger partial charge is 0.496 e. The average molecular weight is 377 g/mol. The first kappa shape index (κ1) is 19.7. The lowest BCUT2D eigenvalue weighted by Gasteiger charge is -2.13. The second-order valence-electron chi connectivity index (χ2n) is 7.10. The van der Waals surface area contributed by atoms with Crippen LogP contribution in [0.4, 0.5) is 11.8 Å². The highest BCUT2D eigenvalue weighted by atomic mass is 16.5. The molecule has 146 valence electrons. The van der Waals surface area contributed by atoms with Crippen LogP contribution in [0.25, 0.3) is 11.3 Å². The van der Waals surface area contributed by atoms with Crippen LogP contribution < -0.4 is 15.4 Å². The number of methoxy groups -OCH3 is 1. The maximum atomic E-state index is 5.44. The summed E-state index contributed by atoms with van der Waals surface area (Å²) >= 11 is 0. The zero-order valence-electron chi connectivity index (χ0n) is 16.8. The fourth-order valence-electron chi connectivity index (χ4n) is 2.88. The van der Waals surface area contributed by atoms with Crippen molar-refractivity contribution in [3.8, 4) is 17.0 Å². The summed E-state index contributed by atoms with van der Waals surface area (Å²) in [6, 6.07) is 20.1. The Morgan fingerprint density at radius 2 is 1.68 bits per heavy atom. The predicted molar refractivity (Wildman–Crippen MR) is 116 cm³/mol. The molecular formula is C23H28N4O. The van der Waals surface area contributed by atoms with Gasteiger partial charge < -0.3 is 15.4 Å². The minimum Gasteiger partial charge on any atom is -0.496 e. The van der Waals surface area contributed by atoms with E-state index in [0.717, 1.165) is 41.4 Å². The van der Waals surface area contributed by atoms with Gasteiger partial charge in [-0.25, -0.2) is 4.98 Å². The summed E-state index contributed by atoms with van der Waals surface area (Å²) in [7, 11) is 1.69. The van der Waals surface area contributed by atoms with Gasteiger partial charge in [0.25, 0.3) is 0 Å². The Kier molecular flexibility index (Phi) is 6.84. The van der Waals surface area contributed by atoms with Gasteiger partial charge in [-0.3, -0.25) is 0 Å². The van der Waals surface area contributed by atoms with Crippen molar-refractivity contribution in [1.82, 2.24) is 9.97 Å². The van der Waals surface area contributed by atoms with E-state index in [1.807, 2.05) is 48.5 Å². The van der Waals surface area contributed by atoms with E-state index in [9.17, 15) is 0 Å². The summed E-state index contributed by atoms with van der Waals surface area (Å²) in [5, 5.41) is 6.77. The first-order valence-corrected chi connectivity index (χ1v) is 9.70.